The lowest BCUT2D eigenvalue weighted by Crippen LogP contribution is -2.24. The lowest BCUT2D eigenvalue weighted by Gasteiger charge is -2.11. The second kappa shape index (κ2) is 4.75. The SMILES string of the molecule is CCNC(=O)CC1C=CC=CC1. The molecule has 0 aromatic rings. The summed E-state index contributed by atoms with van der Waals surface area (Å²) in [6.07, 6.45) is 9.84. The average molecular weight is 165 g/mol. The van der Waals surface area contributed by atoms with Gasteiger partial charge in [0.2, 0.25) is 5.91 Å². The fourth-order valence-corrected chi connectivity index (χ4v) is 1.29. The third kappa shape index (κ3) is 2.91. The van der Waals surface area contributed by atoms with E-state index in [2.05, 4.69) is 17.5 Å². The molecule has 0 spiro atoms. The number of allylic oxidation sites excluding steroid dienone is 4. The molecule has 2 nitrogen and oxygen atoms in total. The van der Waals surface area contributed by atoms with Crippen LogP contribution in [0.4, 0.5) is 0 Å². The van der Waals surface area contributed by atoms with Gasteiger partial charge in [-0.05, 0) is 19.3 Å². The van der Waals surface area contributed by atoms with Gasteiger partial charge in [-0.25, -0.2) is 0 Å². The summed E-state index contributed by atoms with van der Waals surface area (Å²) < 4.78 is 0. The summed E-state index contributed by atoms with van der Waals surface area (Å²) in [7, 11) is 0. The van der Waals surface area contributed by atoms with Crippen LogP contribution in [0, 0.1) is 5.92 Å². The van der Waals surface area contributed by atoms with Crippen LogP contribution in [-0.2, 0) is 4.79 Å². The van der Waals surface area contributed by atoms with Crippen LogP contribution in [0.1, 0.15) is 19.8 Å². The Kier molecular flexibility index (Phi) is 3.58. The summed E-state index contributed by atoms with van der Waals surface area (Å²) in [5, 5.41) is 2.80. The van der Waals surface area contributed by atoms with Crippen molar-refractivity contribution in [2.75, 3.05) is 6.54 Å². The third-order valence-electron chi connectivity index (χ3n) is 1.89. The standard InChI is InChI=1S/C10H15NO/c1-2-11-10(12)8-9-6-4-3-5-7-9/h3-6,9H,2,7-8H2,1H3,(H,11,12). The lowest BCUT2D eigenvalue weighted by molar-refractivity contribution is -0.121. The molecule has 1 atom stereocenters. The van der Waals surface area contributed by atoms with Crippen LogP contribution >= 0.6 is 0 Å². The number of carbonyl (C=O) groups is 1. The Morgan fingerprint density at radius 2 is 2.42 bits per heavy atom. The van der Waals surface area contributed by atoms with E-state index >= 15 is 0 Å². The smallest absolute Gasteiger partial charge is 0.220 e. The molecule has 1 aliphatic carbocycles. The van der Waals surface area contributed by atoms with Crippen molar-refractivity contribution < 1.29 is 4.79 Å². The summed E-state index contributed by atoms with van der Waals surface area (Å²) in [5.41, 5.74) is 0. The molecular formula is C10H15NO. The van der Waals surface area contributed by atoms with E-state index in [9.17, 15) is 4.79 Å². The van der Waals surface area contributed by atoms with Gasteiger partial charge in [-0.1, -0.05) is 24.3 Å². The van der Waals surface area contributed by atoms with Crippen molar-refractivity contribution in [2.24, 2.45) is 5.92 Å². The molecule has 0 aromatic heterocycles. The number of rotatable bonds is 3. The highest BCUT2D eigenvalue weighted by molar-refractivity contribution is 5.76. The van der Waals surface area contributed by atoms with Gasteiger partial charge < -0.3 is 5.32 Å². The normalized spacial score (nSPS) is 20.9. The predicted molar refractivity (Wildman–Crippen MR) is 49.7 cm³/mol. The van der Waals surface area contributed by atoms with Gasteiger partial charge in [-0.2, -0.15) is 0 Å². The Hall–Kier alpha value is -1.05. The molecule has 0 bridgehead atoms. The molecule has 1 rings (SSSR count). The number of amides is 1. The van der Waals surface area contributed by atoms with Crippen molar-refractivity contribution in [3.63, 3.8) is 0 Å². The number of hydrogen-bond donors (Lipinski definition) is 1. The highest BCUT2D eigenvalue weighted by Gasteiger charge is 2.09. The minimum Gasteiger partial charge on any atom is -0.356 e. The van der Waals surface area contributed by atoms with Crippen LogP contribution in [0.3, 0.4) is 0 Å². The highest BCUT2D eigenvalue weighted by Crippen LogP contribution is 2.14. The molecule has 0 saturated carbocycles. The molecule has 0 saturated heterocycles. The Morgan fingerprint density at radius 1 is 1.58 bits per heavy atom. The topological polar surface area (TPSA) is 29.1 Å². The lowest BCUT2D eigenvalue weighted by atomic mass is 9.97. The van der Waals surface area contributed by atoms with E-state index < -0.39 is 0 Å². The van der Waals surface area contributed by atoms with Crippen LogP contribution < -0.4 is 5.32 Å². The van der Waals surface area contributed by atoms with Crippen LogP contribution in [0.2, 0.25) is 0 Å². The Bertz CT molecular complexity index is 206. The molecule has 0 fully saturated rings. The van der Waals surface area contributed by atoms with Crippen molar-refractivity contribution in [3.8, 4) is 0 Å². The first-order valence-electron chi connectivity index (χ1n) is 4.43. The molecule has 0 aliphatic heterocycles. The van der Waals surface area contributed by atoms with Gasteiger partial charge in [0.05, 0.1) is 0 Å². The largest absolute Gasteiger partial charge is 0.356 e. The van der Waals surface area contributed by atoms with Crippen molar-refractivity contribution in [3.05, 3.63) is 24.3 Å². The average Bonchev–Trinajstić information content (AvgIpc) is 2.06. The Balaban J connectivity index is 2.27. The maximum atomic E-state index is 11.1. The fraction of sp³-hybridized carbons (Fsp3) is 0.500. The molecule has 1 unspecified atom stereocenters. The molecule has 2 heteroatoms. The van der Waals surface area contributed by atoms with Crippen LogP contribution in [0.15, 0.2) is 24.3 Å². The first-order valence-corrected chi connectivity index (χ1v) is 4.43. The van der Waals surface area contributed by atoms with Crippen molar-refractivity contribution in [1.29, 1.82) is 0 Å². The first kappa shape index (κ1) is 9.04. The Labute approximate surface area is 73.4 Å². The minimum atomic E-state index is 0.155. The van der Waals surface area contributed by atoms with Crippen molar-refractivity contribution in [1.82, 2.24) is 5.32 Å². The Morgan fingerprint density at radius 3 is 3.00 bits per heavy atom. The van der Waals surface area contributed by atoms with Gasteiger partial charge in [-0.3, -0.25) is 4.79 Å². The molecule has 0 radical (unpaired) electrons. The molecule has 1 N–H and O–H groups in total. The molecule has 66 valence electrons. The van der Waals surface area contributed by atoms with Crippen molar-refractivity contribution >= 4 is 5.91 Å². The van der Waals surface area contributed by atoms with E-state index in [0.29, 0.717) is 12.3 Å². The zero-order valence-corrected chi connectivity index (χ0v) is 7.42. The van der Waals surface area contributed by atoms with E-state index in [4.69, 9.17) is 0 Å². The third-order valence-corrected chi connectivity index (χ3v) is 1.89. The number of nitrogens with one attached hydrogen (secondary N) is 1. The molecule has 1 amide bonds. The molecule has 0 heterocycles. The van der Waals surface area contributed by atoms with E-state index in [1.54, 1.807) is 0 Å². The maximum Gasteiger partial charge on any atom is 0.220 e. The van der Waals surface area contributed by atoms with Gasteiger partial charge in [0.1, 0.15) is 0 Å². The highest BCUT2D eigenvalue weighted by atomic mass is 16.1. The van der Waals surface area contributed by atoms with Crippen molar-refractivity contribution in [2.45, 2.75) is 19.8 Å². The van der Waals surface area contributed by atoms with Gasteiger partial charge in [0.25, 0.3) is 0 Å². The van der Waals surface area contributed by atoms with E-state index in [1.165, 1.54) is 0 Å². The number of hydrogen-bond acceptors (Lipinski definition) is 1. The van der Waals surface area contributed by atoms with Crippen LogP contribution in [0.5, 0.6) is 0 Å². The second-order valence-corrected chi connectivity index (χ2v) is 2.97. The van der Waals surface area contributed by atoms with Gasteiger partial charge in [0, 0.05) is 13.0 Å². The quantitative estimate of drug-likeness (QED) is 0.676. The molecule has 0 aromatic carbocycles. The van der Waals surface area contributed by atoms with Gasteiger partial charge in [-0.15, -0.1) is 0 Å². The van der Waals surface area contributed by atoms with E-state index in [1.807, 2.05) is 19.1 Å². The van der Waals surface area contributed by atoms with Crippen LogP contribution in [0.25, 0.3) is 0 Å². The zero-order valence-electron chi connectivity index (χ0n) is 7.42. The van der Waals surface area contributed by atoms with Gasteiger partial charge >= 0.3 is 0 Å². The number of carbonyl (C=O) groups excluding carboxylic acids is 1. The summed E-state index contributed by atoms with van der Waals surface area (Å²) in [4.78, 5) is 11.1. The summed E-state index contributed by atoms with van der Waals surface area (Å²) >= 11 is 0. The first-order chi connectivity index (χ1) is 5.83. The summed E-state index contributed by atoms with van der Waals surface area (Å²) in [5.74, 6) is 0.559. The van der Waals surface area contributed by atoms with Gasteiger partial charge in [0.15, 0.2) is 0 Å². The molecule has 1 aliphatic rings. The van der Waals surface area contributed by atoms with Crippen LogP contribution in [-0.4, -0.2) is 12.5 Å². The molecule has 12 heavy (non-hydrogen) atoms. The zero-order chi connectivity index (χ0) is 8.81. The second-order valence-electron chi connectivity index (χ2n) is 2.97. The fourth-order valence-electron chi connectivity index (χ4n) is 1.29. The van der Waals surface area contributed by atoms with E-state index in [-0.39, 0.29) is 5.91 Å². The molecular weight excluding hydrogens is 150 g/mol. The monoisotopic (exact) mass is 165 g/mol. The maximum absolute atomic E-state index is 11.1. The summed E-state index contributed by atoms with van der Waals surface area (Å²) in [6.45, 7) is 2.67. The van der Waals surface area contributed by atoms with E-state index in [0.717, 1.165) is 13.0 Å². The summed E-state index contributed by atoms with van der Waals surface area (Å²) in [6, 6.07) is 0. The predicted octanol–water partition coefficient (Wildman–Crippen LogP) is 1.64. The minimum absolute atomic E-state index is 0.155.